The first kappa shape index (κ1) is 25.8. The Labute approximate surface area is 219 Å². The van der Waals surface area contributed by atoms with Crippen molar-refractivity contribution in [2.75, 3.05) is 29.2 Å². The molecule has 2 fully saturated rings. The monoisotopic (exact) mass is 542 g/mol. The van der Waals surface area contributed by atoms with Crippen molar-refractivity contribution < 1.29 is 18.6 Å². The number of fused-ring (bicyclic) bond motifs is 1. The number of aryl methyl sites for hydroxylation is 1. The molecule has 4 N–H and O–H groups in total. The smallest absolute Gasteiger partial charge is 0.224 e. The van der Waals surface area contributed by atoms with E-state index in [9.17, 15) is 18.6 Å². The number of aliphatic hydroxyl groups excluding tert-OH is 2. The van der Waals surface area contributed by atoms with Crippen LogP contribution in [0.3, 0.4) is 0 Å². The van der Waals surface area contributed by atoms with Crippen molar-refractivity contribution >= 4 is 43.2 Å². The first-order chi connectivity index (χ1) is 17.6. The summed E-state index contributed by atoms with van der Waals surface area (Å²) in [7, 11) is -3.32. The number of hydrogen-bond acceptors (Lipinski definition) is 11. The number of pyridine rings is 1. The second-order valence-corrected chi connectivity index (χ2v) is 13.1. The molecule has 0 unspecified atom stereocenters. The van der Waals surface area contributed by atoms with Gasteiger partial charge in [0.2, 0.25) is 5.95 Å². The highest BCUT2D eigenvalue weighted by molar-refractivity contribution is 7.90. The average Bonchev–Trinajstić information content (AvgIpc) is 3.53. The number of hydrogen-bond donors (Lipinski definition) is 4. The molecule has 2 saturated carbocycles. The van der Waals surface area contributed by atoms with Crippen LogP contribution >= 0.6 is 11.3 Å². The van der Waals surface area contributed by atoms with Crippen LogP contribution in [-0.2, 0) is 9.84 Å². The standard InChI is InChI=1S/C25H30N6O4S2/c1-4-5-9-27-25-28-13(2)18(24-30-20-17(36-24)8-10-26-19(20)14-6-7-14)23(31-25)29-16-11-15(12-37(3,34)35)21(32)22(16)33/h1,8,10,14-16,21-22,32-33H,5-7,9,11-12H2,2-3H3,(H2,27,28,29,31)/t15-,16-,21-,22+/m1/s1. The number of anilines is 2. The minimum atomic E-state index is -3.32. The number of rotatable bonds is 9. The number of nitrogens with one attached hydrogen (secondary N) is 2. The van der Waals surface area contributed by atoms with Crippen LogP contribution in [0.15, 0.2) is 12.3 Å². The maximum absolute atomic E-state index is 11.9. The van der Waals surface area contributed by atoms with Crippen LogP contribution in [-0.4, -0.2) is 75.4 Å². The Morgan fingerprint density at radius 1 is 1.22 bits per heavy atom. The third-order valence-electron chi connectivity index (χ3n) is 6.80. The molecular formula is C25H30N6O4S2. The minimum Gasteiger partial charge on any atom is -0.390 e. The zero-order valence-corrected chi connectivity index (χ0v) is 22.3. The van der Waals surface area contributed by atoms with Gasteiger partial charge in [-0.2, -0.15) is 4.98 Å². The molecule has 3 aromatic heterocycles. The third-order valence-corrected chi connectivity index (χ3v) is 8.87. The van der Waals surface area contributed by atoms with Crippen LogP contribution in [0.25, 0.3) is 20.8 Å². The summed E-state index contributed by atoms with van der Waals surface area (Å²) in [6.07, 6.45) is 8.99. The molecule has 0 aliphatic heterocycles. The molecule has 37 heavy (non-hydrogen) atoms. The van der Waals surface area contributed by atoms with Gasteiger partial charge in [0.15, 0.2) is 0 Å². The van der Waals surface area contributed by atoms with E-state index in [1.165, 1.54) is 11.3 Å². The molecular weight excluding hydrogens is 512 g/mol. The van der Waals surface area contributed by atoms with E-state index < -0.39 is 34.0 Å². The summed E-state index contributed by atoms with van der Waals surface area (Å²) < 4.78 is 24.7. The van der Waals surface area contributed by atoms with E-state index in [1.807, 2.05) is 19.2 Å². The number of sulfone groups is 1. The molecule has 10 nitrogen and oxygen atoms in total. The van der Waals surface area contributed by atoms with Gasteiger partial charge in [0.25, 0.3) is 0 Å². The Morgan fingerprint density at radius 3 is 2.70 bits per heavy atom. The van der Waals surface area contributed by atoms with Gasteiger partial charge in [-0.15, -0.1) is 23.7 Å². The Balaban J connectivity index is 1.53. The fraction of sp³-hybridized carbons (Fsp3) is 0.520. The Bertz CT molecular complexity index is 1460. The minimum absolute atomic E-state index is 0.202. The van der Waals surface area contributed by atoms with Crippen molar-refractivity contribution in [2.24, 2.45) is 5.92 Å². The summed E-state index contributed by atoms with van der Waals surface area (Å²) in [5.41, 5.74) is 3.27. The number of aromatic nitrogens is 4. The second kappa shape index (κ2) is 10.1. The van der Waals surface area contributed by atoms with Gasteiger partial charge >= 0.3 is 0 Å². The van der Waals surface area contributed by atoms with Gasteiger partial charge in [-0.05, 0) is 32.3 Å². The van der Waals surface area contributed by atoms with Crippen molar-refractivity contribution in [3.05, 3.63) is 23.7 Å². The lowest BCUT2D eigenvalue weighted by Crippen LogP contribution is -2.36. The Kier molecular flexibility index (Phi) is 7.06. The lowest BCUT2D eigenvalue weighted by Gasteiger charge is -2.21. The maximum atomic E-state index is 11.9. The zero-order chi connectivity index (χ0) is 26.3. The fourth-order valence-electron chi connectivity index (χ4n) is 4.89. The van der Waals surface area contributed by atoms with E-state index in [0.29, 0.717) is 41.9 Å². The summed E-state index contributed by atoms with van der Waals surface area (Å²) >= 11 is 1.52. The highest BCUT2D eigenvalue weighted by atomic mass is 32.2. The van der Waals surface area contributed by atoms with E-state index in [-0.39, 0.29) is 12.2 Å². The molecule has 0 amide bonds. The normalized spacial score (nSPS) is 23.8. The fourth-order valence-corrected chi connectivity index (χ4v) is 7.07. The number of aliphatic hydroxyl groups is 2. The summed E-state index contributed by atoms with van der Waals surface area (Å²) in [6, 6.07) is 1.35. The lowest BCUT2D eigenvalue weighted by molar-refractivity contribution is 0.0216. The molecule has 196 valence electrons. The van der Waals surface area contributed by atoms with Crippen molar-refractivity contribution in [1.29, 1.82) is 0 Å². The molecule has 0 saturated heterocycles. The maximum Gasteiger partial charge on any atom is 0.224 e. The predicted molar refractivity (Wildman–Crippen MR) is 144 cm³/mol. The highest BCUT2D eigenvalue weighted by Gasteiger charge is 2.43. The van der Waals surface area contributed by atoms with E-state index in [4.69, 9.17) is 11.4 Å². The van der Waals surface area contributed by atoms with E-state index in [0.717, 1.165) is 40.0 Å². The summed E-state index contributed by atoms with van der Waals surface area (Å²) in [5.74, 6) is 3.06. The van der Waals surface area contributed by atoms with Gasteiger partial charge in [0, 0.05) is 37.3 Å². The molecule has 0 bridgehead atoms. The average molecular weight is 543 g/mol. The summed E-state index contributed by atoms with van der Waals surface area (Å²) in [6.45, 7) is 2.36. The molecule has 3 heterocycles. The first-order valence-electron chi connectivity index (χ1n) is 12.3. The zero-order valence-electron chi connectivity index (χ0n) is 20.7. The molecule has 0 radical (unpaired) electrons. The van der Waals surface area contributed by atoms with E-state index in [2.05, 4.69) is 31.5 Å². The molecule has 0 spiro atoms. The quantitative estimate of drug-likeness (QED) is 0.234. The largest absolute Gasteiger partial charge is 0.390 e. The van der Waals surface area contributed by atoms with Crippen molar-refractivity contribution in [3.63, 3.8) is 0 Å². The molecule has 12 heteroatoms. The molecule has 0 aromatic carbocycles. The highest BCUT2D eigenvalue weighted by Crippen LogP contribution is 2.44. The first-order valence-corrected chi connectivity index (χ1v) is 15.1. The van der Waals surface area contributed by atoms with Gasteiger partial charge < -0.3 is 20.8 Å². The van der Waals surface area contributed by atoms with Crippen LogP contribution in [0, 0.1) is 25.2 Å². The number of thiazole rings is 1. The summed E-state index contributed by atoms with van der Waals surface area (Å²) in [4.78, 5) is 18.8. The lowest BCUT2D eigenvalue weighted by atomic mass is 10.1. The molecule has 3 aromatic rings. The number of terminal acetylenes is 1. The molecule has 2 aliphatic carbocycles. The van der Waals surface area contributed by atoms with Crippen LogP contribution in [0.5, 0.6) is 0 Å². The molecule has 2 aliphatic rings. The van der Waals surface area contributed by atoms with Crippen LogP contribution in [0.4, 0.5) is 11.8 Å². The van der Waals surface area contributed by atoms with Gasteiger partial charge in [-0.25, -0.2) is 18.4 Å². The molecule has 5 rings (SSSR count). The van der Waals surface area contributed by atoms with Crippen molar-refractivity contribution in [1.82, 2.24) is 19.9 Å². The van der Waals surface area contributed by atoms with Crippen LogP contribution < -0.4 is 10.6 Å². The van der Waals surface area contributed by atoms with Gasteiger partial charge in [-0.1, -0.05) is 0 Å². The van der Waals surface area contributed by atoms with Gasteiger partial charge in [0.05, 0.1) is 39.5 Å². The van der Waals surface area contributed by atoms with Gasteiger partial charge in [-0.3, -0.25) is 4.98 Å². The second-order valence-electron chi connectivity index (χ2n) is 9.89. The Hall–Kier alpha value is -2.85. The molecule has 4 atom stereocenters. The van der Waals surface area contributed by atoms with Crippen molar-refractivity contribution in [2.45, 2.75) is 56.8 Å². The van der Waals surface area contributed by atoms with E-state index in [1.54, 1.807) is 0 Å². The summed E-state index contributed by atoms with van der Waals surface area (Å²) in [5, 5.41) is 28.5. The van der Waals surface area contributed by atoms with Crippen LogP contribution in [0.1, 0.15) is 43.0 Å². The topological polar surface area (TPSA) is 150 Å². The van der Waals surface area contributed by atoms with Crippen molar-refractivity contribution in [3.8, 4) is 22.9 Å². The Morgan fingerprint density at radius 2 is 2.00 bits per heavy atom. The SMILES string of the molecule is C#CCCNc1nc(C)c(-c2nc3c(C4CC4)nccc3s2)c(N[C@@H]2C[C@H](CS(C)(=O)=O)[C@@H](O)[C@H]2O)n1. The van der Waals surface area contributed by atoms with Gasteiger partial charge in [0.1, 0.15) is 32.3 Å². The predicted octanol–water partition coefficient (Wildman–Crippen LogP) is 2.34. The van der Waals surface area contributed by atoms with Crippen LogP contribution in [0.2, 0.25) is 0 Å². The number of nitrogens with zero attached hydrogens (tertiary/aromatic N) is 4. The van der Waals surface area contributed by atoms with E-state index >= 15 is 0 Å². The third kappa shape index (κ3) is 5.55.